The number of carbonyl (C=O) groups is 1. The normalized spacial score (nSPS) is 17.5. The zero-order chi connectivity index (χ0) is 17.5. The van der Waals surface area contributed by atoms with E-state index < -0.39 is 0 Å². The fourth-order valence-corrected chi connectivity index (χ4v) is 3.19. The number of halogens is 1. The standard InChI is InChI=1S/C18H28ClN3O2/c1-14(2)21-8-4-9-22(18(23)13-24-3)17-11-16(19)6-5-15(17)12-20-7-10-21/h5-6,11,14,20H,4,7-10,12-13H2,1-3H3. The van der Waals surface area contributed by atoms with Gasteiger partial charge in [0.1, 0.15) is 6.61 Å². The quantitative estimate of drug-likeness (QED) is 0.907. The summed E-state index contributed by atoms with van der Waals surface area (Å²) in [6, 6.07) is 6.24. The Kier molecular flexibility index (Phi) is 7.49. The summed E-state index contributed by atoms with van der Waals surface area (Å²) in [5, 5.41) is 4.12. The molecule has 2 rings (SSSR count). The van der Waals surface area contributed by atoms with Crippen LogP contribution in [0.1, 0.15) is 25.8 Å². The van der Waals surface area contributed by atoms with Crippen LogP contribution in [0.5, 0.6) is 0 Å². The van der Waals surface area contributed by atoms with Crippen LogP contribution in [0.4, 0.5) is 5.69 Å². The Labute approximate surface area is 149 Å². The molecular weight excluding hydrogens is 326 g/mol. The molecule has 0 aromatic heterocycles. The van der Waals surface area contributed by atoms with Gasteiger partial charge in [-0.2, -0.15) is 0 Å². The molecule has 1 aliphatic heterocycles. The van der Waals surface area contributed by atoms with Crippen LogP contribution in [0.3, 0.4) is 0 Å². The van der Waals surface area contributed by atoms with Crippen molar-refractivity contribution in [3.05, 3.63) is 28.8 Å². The van der Waals surface area contributed by atoms with Gasteiger partial charge in [-0.05, 0) is 38.0 Å². The molecule has 1 aromatic rings. The Morgan fingerprint density at radius 2 is 2.12 bits per heavy atom. The highest BCUT2D eigenvalue weighted by Gasteiger charge is 2.20. The van der Waals surface area contributed by atoms with E-state index in [1.807, 2.05) is 23.1 Å². The third kappa shape index (κ3) is 5.18. The van der Waals surface area contributed by atoms with Crippen molar-refractivity contribution in [1.29, 1.82) is 0 Å². The molecule has 0 aliphatic carbocycles. The summed E-state index contributed by atoms with van der Waals surface area (Å²) in [5.41, 5.74) is 1.97. The van der Waals surface area contributed by atoms with Crippen molar-refractivity contribution >= 4 is 23.2 Å². The summed E-state index contributed by atoms with van der Waals surface area (Å²) in [6.07, 6.45) is 0.916. The predicted octanol–water partition coefficient (Wildman–Crippen LogP) is 2.52. The van der Waals surface area contributed by atoms with Crippen LogP contribution < -0.4 is 10.2 Å². The van der Waals surface area contributed by atoms with Crippen molar-refractivity contribution in [2.24, 2.45) is 0 Å². The van der Waals surface area contributed by atoms with Crippen LogP contribution in [0.25, 0.3) is 0 Å². The second kappa shape index (κ2) is 9.37. The largest absolute Gasteiger partial charge is 0.375 e. The van der Waals surface area contributed by atoms with Crippen LogP contribution in [0.2, 0.25) is 5.02 Å². The van der Waals surface area contributed by atoms with E-state index >= 15 is 0 Å². The number of amides is 1. The number of ether oxygens (including phenoxy) is 1. The smallest absolute Gasteiger partial charge is 0.252 e. The molecule has 1 N–H and O–H groups in total. The van der Waals surface area contributed by atoms with Crippen LogP contribution in [-0.4, -0.2) is 56.7 Å². The van der Waals surface area contributed by atoms with Gasteiger partial charge in [0.15, 0.2) is 0 Å². The van der Waals surface area contributed by atoms with Gasteiger partial charge >= 0.3 is 0 Å². The Bertz CT molecular complexity index is 551. The van der Waals surface area contributed by atoms with Crippen molar-refractivity contribution < 1.29 is 9.53 Å². The summed E-state index contributed by atoms with van der Waals surface area (Å²) in [7, 11) is 1.55. The fraction of sp³-hybridized carbons (Fsp3) is 0.611. The molecule has 5 nitrogen and oxygen atoms in total. The predicted molar refractivity (Wildman–Crippen MR) is 98.7 cm³/mol. The van der Waals surface area contributed by atoms with E-state index in [1.54, 1.807) is 7.11 Å². The van der Waals surface area contributed by atoms with Crippen LogP contribution in [0, 0.1) is 0 Å². The average Bonchev–Trinajstić information content (AvgIpc) is 2.57. The first-order valence-electron chi connectivity index (χ1n) is 8.55. The van der Waals surface area contributed by atoms with Crippen molar-refractivity contribution in [1.82, 2.24) is 10.2 Å². The van der Waals surface area contributed by atoms with Gasteiger partial charge in [-0.25, -0.2) is 0 Å². The minimum atomic E-state index is -0.0311. The number of carbonyl (C=O) groups excluding carboxylic acids is 1. The maximum absolute atomic E-state index is 12.6. The summed E-state index contributed by atoms with van der Waals surface area (Å²) >= 11 is 6.19. The molecule has 0 saturated heterocycles. The van der Waals surface area contributed by atoms with Gasteiger partial charge < -0.3 is 15.0 Å². The monoisotopic (exact) mass is 353 g/mol. The first-order chi connectivity index (χ1) is 11.5. The second-order valence-electron chi connectivity index (χ2n) is 6.41. The number of nitrogens with zero attached hydrogens (tertiary/aromatic N) is 2. The van der Waals surface area contributed by atoms with Crippen molar-refractivity contribution in [2.45, 2.75) is 32.9 Å². The lowest BCUT2D eigenvalue weighted by molar-refractivity contribution is -0.122. The zero-order valence-electron chi connectivity index (χ0n) is 14.8. The Morgan fingerprint density at radius 1 is 1.33 bits per heavy atom. The lowest BCUT2D eigenvalue weighted by atomic mass is 10.1. The number of hydrogen-bond acceptors (Lipinski definition) is 4. The van der Waals surface area contributed by atoms with Gasteiger partial charge in [0.05, 0.1) is 0 Å². The Balaban J connectivity index is 2.28. The number of nitrogens with one attached hydrogen (secondary N) is 1. The molecule has 0 saturated carbocycles. The van der Waals surface area contributed by atoms with Gasteiger partial charge in [-0.3, -0.25) is 9.69 Å². The maximum atomic E-state index is 12.6. The van der Waals surface area contributed by atoms with Gasteiger partial charge in [0.2, 0.25) is 0 Å². The SMILES string of the molecule is COCC(=O)N1CCCN(C(C)C)CCNCc2ccc(Cl)cc21. The topological polar surface area (TPSA) is 44.8 Å². The molecule has 0 bridgehead atoms. The van der Waals surface area contributed by atoms with E-state index in [0.29, 0.717) is 17.6 Å². The summed E-state index contributed by atoms with van der Waals surface area (Å²) in [4.78, 5) is 16.8. The van der Waals surface area contributed by atoms with E-state index in [4.69, 9.17) is 16.3 Å². The number of methoxy groups -OCH3 is 1. The number of anilines is 1. The molecule has 24 heavy (non-hydrogen) atoms. The third-order valence-corrected chi connectivity index (χ3v) is 4.59. The lowest BCUT2D eigenvalue weighted by Gasteiger charge is -2.28. The molecular formula is C18H28ClN3O2. The van der Waals surface area contributed by atoms with E-state index in [-0.39, 0.29) is 12.5 Å². The van der Waals surface area contributed by atoms with Crippen molar-refractivity contribution in [2.75, 3.05) is 44.8 Å². The van der Waals surface area contributed by atoms with Crippen molar-refractivity contribution in [3.63, 3.8) is 0 Å². The molecule has 1 aliphatic rings. The van der Waals surface area contributed by atoms with Gasteiger partial charge in [-0.1, -0.05) is 17.7 Å². The average molecular weight is 354 g/mol. The van der Waals surface area contributed by atoms with Gasteiger partial charge in [0.25, 0.3) is 5.91 Å². The molecule has 134 valence electrons. The Morgan fingerprint density at radius 3 is 2.83 bits per heavy atom. The van der Waals surface area contributed by atoms with Crippen LogP contribution in [-0.2, 0) is 16.1 Å². The maximum Gasteiger partial charge on any atom is 0.252 e. The van der Waals surface area contributed by atoms with Gasteiger partial charge in [-0.15, -0.1) is 0 Å². The Hall–Kier alpha value is -1.14. The minimum Gasteiger partial charge on any atom is -0.375 e. The van der Waals surface area contributed by atoms with E-state index in [9.17, 15) is 4.79 Å². The molecule has 1 heterocycles. The fourth-order valence-electron chi connectivity index (χ4n) is 3.02. The highest BCUT2D eigenvalue weighted by atomic mass is 35.5. The van der Waals surface area contributed by atoms with E-state index in [0.717, 1.165) is 43.9 Å². The van der Waals surface area contributed by atoms with E-state index in [2.05, 4.69) is 24.1 Å². The minimum absolute atomic E-state index is 0.0311. The van der Waals surface area contributed by atoms with Crippen LogP contribution >= 0.6 is 11.6 Å². The van der Waals surface area contributed by atoms with E-state index in [1.165, 1.54) is 0 Å². The molecule has 0 spiro atoms. The number of rotatable bonds is 3. The van der Waals surface area contributed by atoms with Crippen LogP contribution in [0.15, 0.2) is 18.2 Å². The molecule has 1 aromatic carbocycles. The molecule has 0 atom stereocenters. The van der Waals surface area contributed by atoms with Crippen molar-refractivity contribution in [3.8, 4) is 0 Å². The lowest BCUT2D eigenvalue weighted by Crippen LogP contribution is -2.39. The number of benzene rings is 1. The molecule has 0 fully saturated rings. The molecule has 1 amide bonds. The highest BCUT2D eigenvalue weighted by Crippen LogP contribution is 2.26. The first-order valence-corrected chi connectivity index (χ1v) is 8.93. The summed E-state index contributed by atoms with van der Waals surface area (Å²) in [6.45, 7) is 8.77. The molecule has 6 heteroatoms. The molecule has 0 unspecified atom stereocenters. The zero-order valence-corrected chi connectivity index (χ0v) is 15.6. The molecule has 0 radical (unpaired) electrons. The second-order valence-corrected chi connectivity index (χ2v) is 6.85. The van der Waals surface area contributed by atoms with Gasteiger partial charge in [0, 0.05) is 56.6 Å². The first kappa shape index (κ1) is 19.2. The summed E-state index contributed by atoms with van der Waals surface area (Å²) < 4.78 is 5.06. The number of hydrogen-bond donors (Lipinski definition) is 1. The number of fused-ring (bicyclic) bond motifs is 1. The highest BCUT2D eigenvalue weighted by molar-refractivity contribution is 6.31. The summed E-state index contributed by atoms with van der Waals surface area (Å²) in [5.74, 6) is -0.0311. The third-order valence-electron chi connectivity index (χ3n) is 4.36.